The highest BCUT2D eigenvalue weighted by Gasteiger charge is 2.29. The molecule has 2 aromatic rings. The smallest absolute Gasteiger partial charge is 0.260 e. The summed E-state index contributed by atoms with van der Waals surface area (Å²) in [4.78, 5) is 24.9. The van der Waals surface area contributed by atoms with Gasteiger partial charge in [-0.25, -0.2) is 8.42 Å². The molecule has 0 atom stereocenters. The summed E-state index contributed by atoms with van der Waals surface area (Å²) in [6.07, 6.45) is 0.149. The van der Waals surface area contributed by atoms with E-state index in [2.05, 4.69) is 0 Å². The fourth-order valence-corrected chi connectivity index (χ4v) is 4.75. The number of rotatable bonds is 8. The minimum atomic E-state index is -3.42. The molecule has 0 aromatic heterocycles. The molecular formula is C21H25N3O5S. The van der Waals surface area contributed by atoms with Crippen molar-refractivity contribution in [3.8, 4) is 5.75 Å². The van der Waals surface area contributed by atoms with Gasteiger partial charge in [-0.1, -0.05) is 42.5 Å². The van der Waals surface area contributed by atoms with Crippen LogP contribution in [-0.2, 0) is 31.8 Å². The third-order valence-electron chi connectivity index (χ3n) is 4.84. The second-order valence-corrected chi connectivity index (χ2v) is 9.07. The Morgan fingerprint density at radius 3 is 2.13 bits per heavy atom. The molecule has 2 aromatic carbocycles. The second kappa shape index (κ2) is 9.73. The van der Waals surface area contributed by atoms with Crippen LogP contribution in [0.15, 0.2) is 54.6 Å². The Bertz CT molecular complexity index is 969. The standard InChI is InChI=1S/C21H25N3O5S/c22-20(25)14-17-6-8-19(9-7-17)29-15-21(26)23-10-12-24(13-11-23)30(27,28)16-18-4-2-1-3-5-18/h1-9H,10-16H2,(H2,22,25). The van der Waals surface area contributed by atoms with Gasteiger partial charge in [0.25, 0.3) is 5.91 Å². The lowest BCUT2D eigenvalue weighted by atomic mass is 10.1. The van der Waals surface area contributed by atoms with Crippen molar-refractivity contribution in [3.05, 3.63) is 65.7 Å². The van der Waals surface area contributed by atoms with Crippen LogP contribution in [0.4, 0.5) is 0 Å². The van der Waals surface area contributed by atoms with Crippen LogP contribution in [0.1, 0.15) is 11.1 Å². The molecule has 1 heterocycles. The van der Waals surface area contributed by atoms with E-state index >= 15 is 0 Å². The average molecular weight is 432 g/mol. The molecule has 9 heteroatoms. The number of nitrogens with two attached hydrogens (primary N) is 1. The molecule has 30 heavy (non-hydrogen) atoms. The number of carbonyl (C=O) groups is 2. The Morgan fingerprint density at radius 1 is 0.900 bits per heavy atom. The van der Waals surface area contributed by atoms with E-state index in [1.54, 1.807) is 41.3 Å². The van der Waals surface area contributed by atoms with Gasteiger partial charge in [0, 0.05) is 26.2 Å². The molecule has 1 aliphatic rings. The number of primary amides is 1. The number of hydrogen-bond acceptors (Lipinski definition) is 5. The van der Waals surface area contributed by atoms with Crippen molar-refractivity contribution in [2.75, 3.05) is 32.8 Å². The Labute approximate surface area is 176 Å². The Hall–Kier alpha value is -2.91. The first-order valence-corrected chi connectivity index (χ1v) is 11.2. The van der Waals surface area contributed by atoms with Gasteiger partial charge in [0.2, 0.25) is 15.9 Å². The monoisotopic (exact) mass is 431 g/mol. The summed E-state index contributed by atoms with van der Waals surface area (Å²) in [7, 11) is -3.42. The molecule has 0 aliphatic carbocycles. The summed E-state index contributed by atoms with van der Waals surface area (Å²) in [5, 5.41) is 0. The van der Waals surface area contributed by atoms with Crippen LogP contribution in [0.2, 0.25) is 0 Å². The van der Waals surface area contributed by atoms with Gasteiger partial charge in [-0.3, -0.25) is 9.59 Å². The first-order valence-electron chi connectivity index (χ1n) is 9.63. The topological polar surface area (TPSA) is 110 Å². The van der Waals surface area contributed by atoms with Crippen molar-refractivity contribution in [2.24, 2.45) is 5.73 Å². The molecule has 2 amide bonds. The van der Waals surface area contributed by atoms with E-state index in [4.69, 9.17) is 10.5 Å². The molecule has 1 fully saturated rings. The van der Waals surface area contributed by atoms with Gasteiger partial charge < -0.3 is 15.4 Å². The summed E-state index contributed by atoms with van der Waals surface area (Å²) < 4.78 is 32.2. The van der Waals surface area contributed by atoms with Crippen LogP contribution in [0.25, 0.3) is 0 Å². The molecule has 0 unspecified atom stereocenters. The molecule has 0 bridgehead atoms. The molecule has 0 spiro atoms. The van der Waals surface area contributed by atoms with E-state index < -0.39 is 15.9 Å². The van der Waals surface area contributed by atoms with Crippen LogP contribution in [0.3, 0.4) is 0 Å². The van der Waals surface area contributed by atoms with Crippen LogP contribution in [-0.4, -0.2) is 62.2 Å². The highest BCUT2D eigenvalue weighted by Crippen LogP contribution is 2.15. The highest BCUT2D eigenvalue weighted by molar-refractivity contribution is 7.88. The van der Waals surface area contributed by atoms with E-state index in [1.165, 1.54) is 4.31 Å². The fourth-order valence-electron chi connectivity index (χ4n) is 3.23. The number of carbonyl (C=O) groups excluding carboxylic acids is 2. The molecule has 0 radical (unpaired) electrons. The summed E-state index contributed by atoms with van der Waals surface area (Å²) in [5.41, 5.74) is 6.67. The van der Waals surface area contributed by atoms with Crippen molar-refractivity contribution in [1.29, 1.82) is 0 Å². The second-order valence-electron chi connectivity index (χ2n) is 7.10. The normalized spacial score (nSPS) is 15.0. The zero-order valence-electron chi connectivity index (χ0n) is 16.6. The van der Waals surface area contributed by atoms with Gasteiger partial charge in [0.1, 0.15) is 5.75 Å². The Morgan fingerprint density at radius 2 is 1.53 bits per heavy atom. The maximum Gasteiger partial charge on any atom is 0.260 e. The summed E-state index contributed by atoms with van der Waals surface area (Å²) >= 11 is 0. The number of sulfonamides is 1. The largest absolute Gasteiger partial charge is 0.484 e. The van der Waals surface area contributed by atoms with Gasteiger partial charge in [-0.15, -0.1) is 0 Å². The van der Waals surface area contributed by atoms with Crippen molar-refractivity contribution >= 4 is 21.8 Å². The maximum atomic E-state index is 12.6. The molecule has 0 saturated carbocycles. The number of nitrogens with zero attached hydrogens (tertiary/aromatic N) is 2. The lowest BCUT2D eigenvalue weighted by molar-refractivity contribution is -0.134. The van der Waals surface area contributed by atoms with Gasteiger partial charge >= 0.3 is 0 Å². The van der Waals surface area contributed by atoms with Crippen molar-refractivity contribution in [1.82, 2.24) is 9.21 Å². The molecule has 160 valence electrons. The number of ether oxygens (including phenoxy) is 1. The van der Waals surface area contributed by atoms with E-state index in [9.17, 15) is 18.0 Å². The minimum Gasteiger partial charge on any atom is -0.484 e. The summed E-state index contributed by atoms with van der Waals surface area (Å²) in [6, 6.07) is 15.9. The number of hydrogen-bond donors (Lipinski definition) is 1. The van der Waals surface area contributed by atoms with Crippen molar-refractivity contribution in [2.45, 2.75) is 12.2 Å². The van der Waals surface area contributed by atoms with Gasteiger partial charge in [-0.2, -0.15) is 4.31 Å². The van der Waals surface area contributed by atoms with Crippen molar-refractivity contribution < 1.29 is 22.7 Å². The molecule has 1 saturated heterocycles. The Balaban J connectivity index is 1.46. The number of benzene rings is 2. The lowest BCUT2D eigenvalue weighted by Crippen LogP contribution is -2.51. The van der Waals surface area contributed by atoms with Crippen LogP contribution < -0.4 is 10.5 Å². The van der Waals surface area contributed by atoms with Gasteiger partial charge in [0.15, 0.2) is 6.61 Å². The fraction of sp³-hybridized carbons (Fsp3) is 0.333. The molecule has 3 rings (SSSR count). The lowest BCUT2D eigenvalue weighted by Gasteiger charge is -2.34. The summed E-state index contributed by atoms with van der Waals surface area (Å²) in [6.45, 7) is 1.05. The zero-order chi connectivity index (χ0) is 21.6. The maximum absolute atomic E-state index is 12.6. The van der Waals surface area contributed by atoms with E-state index in [-0.39, 0.29) is 37.8 Å². The van der Waals surface area contributed by atoms with Crippen LogP contribution in [0, 0.1) is 0 Å². The van der Waals surface area contributed by atoms with Gasteiger partial charge in [0.05, 0.1) is 12.2 Å². The summed E-state index contributed by atoms with van der Waals surface area (Å²) in [5.74, 6) is -0.142. The quantitative estimate of drug-likeness (QED) is 0.664. The predicted molar refractivity (Wildman–Crippen MR) is 112 cm³/mol. The molecule has 8 nitrogen and oxygen atoms in total. The minimum absolute atomic E-state index is 0.0450. The van der Waals surface area contributed by atoms with E-state index in [0.29, 0.717) is 18.8 Å². The Kier molecular flexibility index (Phi) is 7.07. The third-order valence-corrected chi connectivity index (χ3v) is 6.69. The number of piperazine rings is 1. The van der Waals surface area contributed by atoms with Gasteiger partial charge in [-0.05, 0) is 23.3 Å². The molecular weight excluding hydrogens is 406 g/mol. The highest BCUT2D eigenvalue weighted by atomic mass is 32.2. The molecule has 2 N–H and O–H groups in total. The van der Waals surface area contributed by atoms with E-state index in [1.807, 2.05) is 18.2 Å². The van der Waals surface area contributed by atoms with Crippen LogP contribution >= 0.6 is 0 Å². The average Bonchev–Trinajstić information content (AvgIpc) is 2.73. The van der Waals surface area contributed by atoms with Crippen LogP contribution in [0.5, 0.6) is 5.75 Å². The third kappa shape index (κ3) is 6.04. The zero-order valence-corrected chi connectivity index (χ0v) is 17.4. The molecule has 1 aliphatic heterocycles. The van der Waals surface area contributed by atoms with E-state index in [0.717, 1.165) is 11.1 Å². The first-order chi connectivity index (χ1) is 14.3. The first kappa shape index (κ1) is 21.8. The van der Waals surface area contributed by atoms with Crippen molar-refractivity contribution in [3.63, 3.8) is 0 Å². The SMILES string of the molecule is NC(=O)Cc1ccc(OCC(=O)N2CCN(S(=O)(=O)Cc3ccccc3)CC2)cc1. The predicted octanol–water partition coefficient (Wildman–Crippen LogP) is 0.767. The number of amides is 2.